The van der Waals surface area contributed by atoms with Gasteiger partial charge in [-0.15, -0.1) is 0 Å². The van der Waals surface area contributed by atoms with Gasteiger partial charge in [-0.25, -0.2) is 4.98 Å². The van der Waals surface area contributed by atoms with Crippen LogP contribution in [-0.2, 0) is 17.8 Å². The van der Waals surface area contributed by atoms with Gasteiger partial charge in [-0.1, -0.05) is 43.7 Å². The van der Waals surface area contributed by atoms with Gasteiger partial charge in [0.25, 0.3) is 0 Å². The van der Waals surface area contributed by atoms with Crippen LogP contribution in [0, 0.1) is 11.8 Å². The van der Waals surface area contributed by atoms with E-state index in [0.29, 0.717) is 23.9 Å². The highest BCUT2D eigenvalue weighted by Crippen LogP contribution is 2.48. The van der Waals surface area contributed by atoms with E-state index in [2.05, 4.69) is 66.2 Å². The molecule has 3 aromatic rings. The van der Waals surface area contributed by atoms with Crippen molar-refractivity contribution >= 4 is 5.97 Å². The number of piperidine rings is 1. The fourth-order valence-corrected chi connectivity index (χ4v) is 7.30. The molecule has 0 amide bonds. The minimum absolute atomic E-state index is 0.0357. The third-order valence-corrected chi connectivity index (χ3v) is 9.96. The molecule has 5 atom stereocenters. The lowest BCUT2D eigenvalue weighted by molar-refractivity contribution is -0.142. The molecule has 2 aromatic carbocycles. The van der Waals surface area contributed by atoms with Crippen LogP contribution in [0.2, 0.25) is 0 Å². The SMILES string of the molecule is COc1cc(-c2ccc([C@@H]3CCc4ccc(C(C5CC5)[C@H](C)C(=O)O)cc4O3)cc2CN2[C@H](C)CCC[C@H]2C)ccn1. The highest BCUT2D eigenvalue weighted by Gasteiger charge is 2.39. The molecule has 6 heteroatoms. The number of benzene rings is 2. The predicted octanol–water partition coefficient (Wildman–Crippen LogP) is 7.80. The number of nitrogens with zero attached hydrogens (tertiary/aromatic N) is 2. The van der Waals surface area contributed by atoms with Crippen LogP contribution in [-0.4, -0.2) is 40.2 Å². The number of fused-ring (bicyclic) bond motifs is 1. The van der Waals surface area contributed by atoms with E-state index in [9.17, 15) is 9.90 Å². The smallest absolute Gasteiger partial charge is 0.306 e. The quantitative estimate of drug-likeness (QED) is 0.284. The largest absolute Gasteiger partial charge is 0.485 e. The molecule has 6 nitrogen and oxygen atoms in total. The van der Waals surface area contributed by atoms with E-state index < -0.39 is 11.9 Å². The lowest BCUT2D eigenvalue weighted by atomic mass is 9.82. The summed E-state index contributed by atoms with van der Waals surface area (Å²) in [5.74, 6) is 0.891. The summed E-state index contributed by atoms with van der Waals surface area (Å²) in [7, 11) is 1.66. The van der Waals surface area contributed by atoms with E-state index in [1.807, 2.05) is 19.2 Å². The Morgan fingerprint density at radius 3 is 2.55 bits per heavy atom. The third-order valence-electron chi connectivity index (χ3n) is 9.96. The van der Waals surface area contributed by atoms with E-state index in [1.54, 1.807) is 7.11 Å². The van der Waals surface area contributed by atoms with Crippen LogP contribution >= 0.6 is 0 Å². The Kier molecular flexibility index (Phi) is 8.26. The van der Waals surface area contributed by atoms with Gasteiger partial charge in [0.15, 0.2) is 0 Å². The zero-order valence-corrected chi connectivity index (χ0v) is 25.4. The molecule has 0 spiro atoms. The van der Waals surface area contributed by atoms with Gasteiger partial charge in [-0.3, -0.25) is 9.69 Å². The average molecular weight is 569 g/mol. The number of carbonyl (C=O) groups is 1. The summed E-state index contributed by atoms with van der Waals surface area (Å²) < 4.78 is 12.2. The Bertz CT molecular complexity index is 1420. The number of hydrogen-bond acceptors (Lipinski definition) is 5. The summed E-state index contributed by atoms with van der Waals surface area (Å²) in [6, 6.07) is 18.4. The summed E-state index contributed by atoms with van der Waals surface area (Å²) in [5, 5.41) is 9.78. The molecule has 222 valence electrons. The summed E-state index contributed by atoms with van der Waals surface area (Å²) in [5.41, 5.74) is 7.12. The minimum atomic E-state index is -0.722. The molecule has 1 saturated heterocycles. The van der Waals surface area contributed by atoms with Gasteiger partial charge in [0.1, 0.15) is 11.9 Å². The van der Waals surface area contributed by atoms with E-state index in [1.165, 1.54) is 41.5 Å². The highest BCUT2D eigenvalue weighted by molar-refractivity contribution is 5.71. The summed E-state index contributed by atoms with van der Waals surface area (Å²) >= 11 is 0. The molecule has 1 unspecified atom stereocenters. The van der Waals surface area contributed by atoms with Crippen molar-refractivity contribution in [3.05, 3.63) is 77.0 Å². The first-order valence-corrected chi connectivity index (χ1v) is 15.7. The number of aliphatic carboxylic acids is 1. The fourth-order valence-electron chi connectivity index (χ4n) is 7.30. The highest BCUT2D eigenvalue weighted by atomic mass is 16.5. The Morgan fingerprint density at radius 2 is 1.83 bits per heavy atom. The molecular formula is C36H44N2O4. The van der Waals surface area contributed by atoms with Crippen LogP contribution in [0.25, 0.3) is 11.1 Å². The van der Waals surface area contributed by atoms with E-state index in [-0.39, 0.29) is 12.0 Å². The Balaban J connectivity index is 1.32. The fraction of sp³-hybridized carbons (Fsp3) is 0.500. The Morgan fingerprint density at radius 1 is 1.05 bits per heavy atom. The summed E-state index contributed by atoms with van der Waals surface area (Å²) in [6.07, 6.45) is 9.61. The van der Waals surface area contributed by atoms with E-state index >= 15 is 0 Å². The van der Waals surface area contributed by atoms with Crippen LogP contribution in [0.4, 0.5) is 0 Å². The van der Waals surface area contributed by atoms with Crippen molar-refractivity contribution in [2.45, 2.75) is 96.4 Å². The van der Waals surface area contributed by atoms with Crippen LogP contribution in [0.1, 0.15) is 93.6 Å². The lowest BCUT2D eigenvalue weighted by Gasteiger charge is -2.39. The number of ether oxygens (including phenoxy) is 2. The van der Waals surface area contributed by atoms with Gasteiger partial charge in [0.2, 0.25) is 5.88 Å². The molecule has 2 fully saturated rings. The zero-order valence-electron chi connectivity index (χ0n) is 25.4. The number of carboxylic acid groups (broad SMARTS) is 1. The number of aryl methyl sites for hydroxylation is 1. The maximum Gasteiger partial charge on any atom is 0.306 e. The van der Waals surface area contributed by atoms with Crippen LogP contribution < -0.4 is 9.47 Å². The van der Waals surface area contributed by atoms with Crippen molar-refractivity contribution in [1.82, 2.24) is 9.88 Å². The second kappa shape index (κ2) is 12.1. The summed E-state index contributed by atoms with van der Waals surface area (Å²) in [6.45, 7) is 7.45. The van der Waals surface area contributed by atoms with Gasteiger partial charge in [0, 0.05) is 30.9 Å². The van der Waals surface area contributed by atoms with Gasteiger partial charge in [-0.05, 0) is 110 Å². The first-order valence-electron chi connectivity index (χ1n) is 15.7. The molecule has 3 heterocycles. The van der Waals surface area contributed by atoms with Crippen molar-refractivity contribution in [1.29, 1.82) is 0 Å². The topological polar surface area (TPSA) is 71.9 Å². The van der Waals surface area contributed by atoms with Crippen LogP contribution in [0.5, 0.6) is 11.6 Å². The number of likely N-dealkylation sites (tertiary alicyclic amines) is 1. The Labute approximate surface area is 250 Å². The Hall–Kier alpha value is -3.38. The molecule has 1 saturated carbocycles. The van der Waals surface area contributed by atoms with Crippen LogP contribution in [0.15, 0.2) is 54.7 Å². The van der Waals surface area contributed by atoms with Crippen molar-refractivity contribution in [2.24, 2.45) is 11.8 Å². The number of carboxylic acids is 1. The third kappa shape index (κ3) is 5.92. The standard InChI is InChI=1S/C36H44N2O4/c1-22-6-5-7-23(2)38(22)21-30-18-28(12-14-31(30)27-16-17-37-34(20-27)41-4)32-15-13-25-8-11-29(19-33(25)42-32)35(26-9-10-26)24(3)36(39)40/h8,11-12,14,16-20,22-24,26,32,35H,5-7,9-10,13,15,21H2,1-4H3,(H,39,40)/t22-,23-,24+,32+,35?/m1/s1. The number of rotatable bonds is 9. The normalized spacial score (nSPS) is 23.9. The van der Waals surface area contributed by atoms with Gasteiger partial charge < -0.3 is 14.6 Å². The number of hydrogen-bond donors (Lipinski definition) is 1. The molecule has 3 aliphatic rings. The molecule has 1 N–H and O–H groups in total. The van der Waals surface area contributed by atoms with Gasteiger partial charge in [-0.2, -0.15) is 0 Å². The second-order valence-electron chi connectivity index (χ2n) is 12.8. The first kappa shape index (κ1) is 28.7. The van der Waals surface area contributed by atoms with E-state index in [0.717, 1.165) is 49.1 Å². The molecular weight excluding hydrogens is 524 g/mol. The second-order valence-corrected chi connectivity index (χ2v) is 12.8. The number of pyridine rings is 1. The molecule has 2 aliphatic heterocycles. The summed E-state index contributed by atoms with van der Waals surface area (Å²) in [4.78, 5) is 18.9. The first-order chi connectivity index (χ1) is 20.3. The average Bonchev–Trinajstić information content (AvgIpc) is 3.84. The van der Waals surface area contributed by atoms with Crippen molar-refractivity contribution < 1.29 is 19.4 Å². The van der Waals surface area contributed by atoms with Gasteiger partial charge >= 0.3 is 5.97 Å². The van der Waals surface area contributed by atoms with Crippen molar-refractivity contribution in [3.8, 4) is 22.8 Å². The predicted molar refractivity (Wildman–Crippen MR) is 165 cm³/mol. The molecule has 6 rings (SSSR count). The molecule has 1 aromatic heterocycles. The molecule has 0 bridgehead atoms. The maximum absolute atomic E-state index is 11.9. The van der Waals surface area contributed by atoms with Crippen molar-refractivity contribution in [3.63, 3.8) is 0 Å². The van der Waals surface area contributed by atoms with E-state index in [4.69, 9.17) is 9.47 Å². The number of aromatic nitrogens is 1. The van der Waals surface area contributed by atoms with Crippen molar-refractivity contribution in [2.75, 3.05) is 7.11 Å². The minimum Gasteiger partial charge on any atom is -0.485 e. The lowest BCUT2D eigenvalue weighted by Crippen LogP contribution is -2.43. The molecule has 1 aliphatic carbocycles. The molecule has 42 heavy (non-hydrogen) atoms. The van der Waals surface area contributed by atoms with Gasteiger partial charge in [0.05, 0.1) is 13.0 Å². The maximum atomic E-state index is 11.9. The monoisotopic (exact) mass is 568 g/mol. The van der Waals surface area contributed by atoms with Crippen LogP contribution in [0.3, 0.4) is 0 Å². The number of methoxy groups -OCH3 is 1. The molecule has 0 radical (unpaired) electrons. The zero-order chi connectivity index (χ0) is 29.4.